The Balaban J connectivity index is 2.20. The molecule has 0 saturated carbocycles. The van der Waals surface area contributed by atoms with Gasteiger partial charge >= 0.3 is 6.36 Å². The predicted octanol–water partition coefficient (Wildman–Crippen LogP) is 3.92. The number of aryl methyl sites for hydroxylation is 3. The van der Waals surface area contributed by atoms with Crippen molar-refractivity contribution >= 4 is 27.3 Å². The summed E-state index contributed by atoms with van der Waals surface area (Å²) in [5.41, 5.74) is 2.99. The number of carbonyl (C=O) groups is 1. The molecule has 0 aliphatic carbocycles. The first kappa shape index (κ1) is 22.5. The molecule has 0 bridgehead atoms. The highest BCUT2D eigenvalue weighted by Gasteiger charge is 2.31. The zero-order valence-corrected chi connectivity index (χ0v) is 17.1. The van der Waals surface area contributed by atoms with E-state index in [1.807, 2.05) is 19.1 Å². The normalized spacial score (nSPS) is 11.8. The summed E-state index contributed by atoms with van der Waals surface area (Å²) in [6.45, 7) is 4.91. The lowest BCUT2D eigenvalue weighted by atomic mass is 10.1. The fraction of sp³-hybridized carbons (Fsp3) is 0.316. The van der Waals surface area contributed by atoms with Gasteiger partial charge in [-0.05, 0) is 56.2 Å². The Morgan fingerprint density at radius 2 is 1.59 bits per heavy atom. The van der Waals surface area contributed by atoms with E-state index in [1.54, 1.807) is 13.8 Å². The van der Waals surface area contributed by atoms with Gasteiger partial charge in [0.25, 0.3) is 0 Å². The van der Waals surface area contributed by atoms with Crippen molar-refractivity contribution in [1.29, 1.82) is 0 Å². The maximum absolute atomic E-state index is 12.4. The van der Waals surface area contributed by atoms with Gasteiger partial charge in [0, 0.05) is 5.69 Å². The molecule has 0 aromatic heterocycles. The molecule has 158 valence electrons. The van der Waals surface area contributed by atoms with Crippen LogP contribution in [0.25, 0.3) is 0 Å². The molecule has 0 fully saturated rings. The lowest BCUT2D eigenvalue weighted by Gasteiger charge is -2.26. The number of rotatable bonds is 6. The van der Waals surface area contributed by atoms with Crippen molar-refractivity contribution in [1.82, 2.24) is 0 Å². The van der Waals surface area contributed by atoms with Crippen molar-refractivity contribution in [2.75, 3.05) is 22.4 Å². The highest BCUT2D eigenvalue weighted by Crippen LogP contribution is 2.28. The molecule has 0 radical (unpaired) electrons. The molecule has 2 aromatic rings. The first-order valence-electron chi connectivity index (χ1n) is 8.47. The second-order valence-corrected chi connectivity index (χ2v) is 8.54. The third-order valence-electron chi connectivity index (χ3n) is 3.94. The minimum atomic E-state index is -4.81. The number of benzene rings is 2. The number of amides is 1. The minimum absolute atomic E-state index is 0.204. The van der Waals surface area contributed by atoms with E-state index in [-0.39, 0.29) is 5.69 Å². The van der Waals surface area contributed by atoms with Gasteiger partial charge in [0.1, 0.15) is 12.3 Å². The van der Waals surface area contributed by atoms with Crippen molar-refractivity contribution in [2.24, 2.45) is 0 Å². The van der Waals surface area contributed by atoms with Crippen LogP contribution in [0.5, 0.6) is 5.75 Å². The van der Waals surface area contributed by atoms with Gasteiger partial charge in [0.05, 0.1) is 11.9 Å². The van der Waals surface area contributed by atoms with Gasteiger partial charge in [0.15, 0.2) is 0 Å². The van der Waals surface area contributed by atoms with E-state index in [4.69, 9.17) is 0 Å². The molecule has 29 heavy (non-hydrogen) atoms. The van der Waals surface area contributed by atoms with Gasteiger partial charge in [0.2, 0.25) is 15.9 Å². The van der Waals surface area contributed by atoms with Crippen molar-refractivity contribution in [2.45, 2.75) is 27.1 Å². The fourth-order valence-corrected chi connectivity index (χ4v) is 3.97. The van der Waals surface area contributed by atoms with Crippen molar-refractivity contribution < 1.29 is 31.1 Å². The number of ether oxygens (including phenoxy) is 1. The summed E-state index contributed by atoms with van der Waals surface area (Å²) in [5, 5.41) is 2.47. The quantitative estimate of drug-likeness (QED) is 0.754. The van der Waals surface area contributed by atoms with E-state index in [0.29, 0.717) is 16.8 Å². The van der Waals surface area contributed by atoms with Crippen LogP contribution in [0.1, 0.15) is 16.7 Å². The SMILES string of the molecule is Cc1cc(C)c(N(CC(=O)Nc2ccc(OC(F)(F)F)cc2)S(C)(=O)=O)c(C)c1. The van der Waals surface area contributed by atoms with Crippen LogP contribution in [0.3, 0.4) is 0 Å². The monoisotopic (exact) mass is 430 g/mol. The Morgan fingerprint density at radius 1 is 1.07 bits per heavy atom. The van der Waals surface area contributed by atoms with E-state index in [2.05, 4.69) is 10.1 Å². The van der Waals surface area contributed by atoms with Crippen LogP contribution in [0.4, 0.5) is 24.5 Å². The maximum atomic E-state index is 12.4. The highest BCUT2D eigenvalue weighted by atomic mass is 32.2. The van der Waals surface area contributed by atoms with Crippen LogP contribution in [-0.2, 0) is 14.8 Å². The number of halogens is 3. The number of anilines is 2. The van der Waals surface area contributed by atoms with E-state index < -0.39 is 34.6 Å². The van der Waals surface area contributed by atoms with Crippen LogP contribution in [-0.4, -0.2) is 33.5 Å². The van der Waals surface area contributed by atoms with E-state index in [0.717, 1.165) is 28.3 Å². The number of nitrogens with zero attached hydrogens (tertiary/aromatic N) is 1. The number of alkyl halides is 3. The van der Waals surface area contributed by atoms with Gasteiger partial charge < -0.3 is 10.1 Å². The summed E-state index contributed by atoms with van der Waals surface area (Å²) in [5.74, 6) is -1.07. The summed E-state index contributed by atoms with van der Waals surface area (Å²) in [6, 6.07) is 8.19. The second-order valence-electron chi connectivity index (χ2n) is 6.64. The van der Waals surface area contributed by atoms with E-state index in [1.165, 1.54) is 12.1 Å². The average molecular weight is 430 g/mol. The molecule has 0 spiro atoms. The third kappa shape index (κ3) is 6.38. The Bertz CT molecular complexity index is 980. The largest absolute Gasteiger partial charge is 0.573 e. The number of sulfonamides is 1. The Morgan fingerprint density at radius 3 is 2.03 bits per heavy atom. The first-order chi connectivity index (χ1) is 13.3. The number of nitrogens with one attached hydrogen (secondary N) is 1. The molecule has 10 heteroatoms. The number of hydrogen-bond donors (Lipinski definition) is 1. The summed E-state index contributed by atoms with van der Waals surface area (Å²) in [7, 11) is -3.76. The highest BCUT2D eigenvalue weighted by molar-refractivity contribution is 7.92. The molecule has 0 aliphatic heterocycles. The first-order valence-corrected chi connectivity index (χ1v) is 10.3. The molecule has 2 rings (SSSR count). The molecule has 0 saturated heterocycles. The maximum Gasteiger partial charge on any atom is 0.573 e. The van der Waals surface area contributed by atoms with Gasteiger partial charge in [-0.1, -0.05) is 17.7 Å². The fourth-order valence-electron chi connectivity index (χ4n) is 3.00. The Kier molecular flexibility index (Phi) is 6.46. The van der Waals surface area contributed by atoms with Crippen molar-refractivity contribution in [3.05, 3.63) is 53.1 Å². The lowest BCUT2D eigenvalue weighted by molar-refractivity contribution is -0.274. The summed E-state index contributed by atoms with van der Waals surface area (Å²) >= 11 is 0. The summed E-state index contributed by atoms with van der Waals surface area (Å²) in [6.07, 6.45) is -3.81. The van der Waals surface area contributed by atoms with Gasteiger partial charge in [-0.3, -0.25) is 9.10 Å². The zero-order chi connectivity index (χ0) is 22.0. The Hall–Kier alpha value is -2.75. The smallest absolute Gasteiger partial charge is 0.406 e. The average Bonchev–Trinajstić information content (AvgIpc) is 2.52. The van der Waals surface area contributed by atoms with Gasteiger partial charge in [-0.15, -0.1) is 13.2 Å². The summed E-state index contributed by atoms with van der Waals surface area (Å²) in [4.78, 5) is 12.4. The molecular formula is C19H21F3N2O4S. The molecule has 0 unspecified atom stereocenters. The third-order valence-corrected chi connectivity index (χ3v) is 5.06. The zero-order valence-electron chi connectivity index (χ0n) is 16.3. The van der Waals surface area contributed by atoms with Crippen LogP contribution < -0.4 is 14.4 Å². The van der Waals surface area contributed by atoms with Crippen LogP contribution >= 0.6 is 0 Å². The van der Waals surface area contributed by atoms with Gasteiger partial charge in [-0.25, -0.2) is 8.42 Å². The molecule has 6 nitrogen and oxygen atoms in total. The number of hydrogen-bond acceptors (Lipinski definition) is 4. The molecule has 0 aliphatic rings. The number of carbonyl (C=O) groups excluding carboxylic acids is 1. The standard InChI is InChI=1S/C19H21F3N2O4S/c1-12-9-13(2)18(14(3)10-12)24(29(4,26)27)11-17(25)23-15-5-7-16(8-6-15)28-19(20,21)22/h5-10H,11H2,1-4H3,(H,23,25). The van der Waals surface area contributed by atoms with E-state index in [9.17, 15) is 26.4 Å². The summed E-state index contributed by atoms with van der Waals surface area (Å²) < 4.78 is 66.0. The molecular weight excluding hydrogens is 409 g/mol. The van der Waals surface area contributed by atoms with Crippen LogP contribution in [0, 0.1) is 20.8 Å². The molecule has 1 N–H and O–H groups in total. The second kappa shape index (κ2) is 8.32. The molecule has 0 atom stereocenters. The molecule has 2 aromatic carbocycles. The lowest BCUT2D eigenvalue weighted by Crippen LogP contribution is -2.38. The van der Waals surface area contributed by atoms with Crippen LogP contribution in [0.2, 0.25) is 0 Å². The van der Waals surface area contributed by atoms with Crippen molar-refractivity contribution in [3.63, 3.8) is 0 Å². The predicted molar refractivity (Wildman–Crippen MR) is 105 cm³/mol. The molecule has 0 heterocycles. The Labute approximate surface area is 167 Å². The van der Waals surface area contributed by atoms with Crippen LogP contribution in [0.15, 0.2) is 36.4 Å². The van der Waals surface area contributed by atoms with Crippen molar-refractivity contribution in [3.8, 4) is 5.75 Å². The minimum Gasteiger partial charge on any atom is -0.406 e. The van der Waals surface area contributed by atoms with Gasteiger partial charge in [-0.2, -0.15) is 0 Å². The molecule has 1 amide bonds. The topological polar surface area (TPSA) is 75.7 Å². The van der Waals surface area contributed by atoms with E-state index >= 15 is 0 Å².